The van der Waals surface area contributed by atoms with Gasteiger partial charge in [-0.05, 0) is 55.8 Å². The van der Waals surface area contributed by atoms with Crippen molar-refractivity contribution in [3.63, 3.8) is 0 Å². The van der Waals surface area contributed by atoms with Crippen LogP contribution in [0, 0.1) is 12.7 Å². The Kier molecular flexibility index (Phi) is 7.20. The molecule has 0 spiro atoms. The molecule has 3 aromatic rings. The third-order valence-corrected chi connectivity index (χ3v) is 5.47. The lowest BCUT2D eigenvalue weighted by molar-refractivity contribution is -0.113. The third-order valence-electron chi connectivity index (χ3n) is 4.42. The second-order valence-electron chi connectivity index (χ2n) is 6.91. The fourth-order valence-corrected chi connectivity index (χ4v) is 3.60. The molecule has 0 aliphatic rings. The zero-order valence-electron chi connectivity index (χ0n) is 17.1. The normalized spacial score (nSPS) is 10.4. The van der Waals surface area contributed by atoms with E-state index in [1.807, 2.05) is 25.1 Å². The standard InChI is InChI=1S/C24H21FN2O3S/c1-15-6-5-7-18(12-15)26-24(30)19-8-3-4-9-21(19)27-23(29)14-31-22-11-10-17(16(2)28)13-20(22)25/h3-13H,14H2,1-2H3,(H,26,30)(H,27,29). The Bertz CT molecular complexity index is 1150. The van der Waals surface area contributed by atoms with Crippen molar-refractivity contribution in [2.45, 2.75) is 18.7 Å². The molecule has 3 aromatic carbocycles. The second kappa shape index (κ2) is 10.0. The topological polar surface area (TPSA) is 75.3 Å². The van der Waals surface area contributed by atoms with E-state index in [4.69, 9.17) is 0 Å². The molecular weight excluding hydrogens is 415 g/mol. The first-order valence-corrected chi connectivity index (χ1v) is 10.5. The van der Waals surface area contributed by atoms with Crippen molar-refractivity contribution in [3.05, 3.63) is 89.2 Å². The van der Waals surface area contributed by atoms with Gasteiger partial charge in [0.1, 0.15) is 5.82 Å². The van der Waals surface area contributed by atoms with Crippen molar-refractivity contribution in [2.24, 2.45) is 0 Å². The highest BCUT2D eigenvalue weighted by Gasteiger charge is 2.15. The Balaban J connectivity index is 1.65. The van der Waals surface area contributed by atoms with Gasteiger partial charge in [-0.15, -0.1) is 11.8 Å². The number of thioether (sulfide) groups is 1. The first kappa shape index (κ1) is 22.2. The van der Waals surface area contributed by atoms with Gasteiger partial charge in [0.05, 0.1) is 17.0 Å². The molecule has 0 aliphatic carbocycles. The SMILES string of the molecule is CC(=O)c1ccc(SCC(=O)Nc2ccccc2C(=O)Nc2cccc(C)c2)c(F)c1. The van der Waals surface area contributed by atoms with Crippen molar-refractivity contribution in [1.82, 2.24) is 0 Å². The van der Waals surface area contributed by atoms with Crippen LogP contribution in [-0.4, -0.2) is 23.4 Å². The van der Waals surface area contributed by atoms with Crippen molar-refractivity contribution in [2.75, 3.05) is 16.4 Å². The van der Waals surface area contributed by atoms with Gasteiger partial charge in [-0.3, -0.25) is 14.4 Å². The average Bonchev–Trinajstić information content (AvgIpc) is 2.73. The first-order chi connectivity index (χ1) is 14.8. The summed E-state index contributed by atoms with van der Waals surface area (Å²) in [4.78, 5) is 36.7. The van der Waals surface area contributed by atoms with Crippen molar-refractivity contribution in [3.8, 4) is 0 Å². The number of rotatable bonds is 7. The van der Waals surface area contributed by atoms with Crippen LogP contribution in [0.2, 0.25) is 0 Å². The van der Waals surface area contributed by atoms with Crippen molar-refractivity contribution in [1.29, 1.82) is 0 Å². The minimum atomic E-state index is -0.552. The van der Waals surface area contributed by atoms with E-state index in [-0.39, 0.29) is 33.8 Å². The Morgan fingerprint density at radius 2 is 1.71 bits per heavy atom. The van der Waals surface area contributed by atoms with Gasteiger partial charge in [0.15, 0.2) is 5.78 Å². The van der Waals surface area contributed by atoms with Gasteiger partial charge in [0.2, 0.25) is 5.91 Å². The van der Waals surface area contributed by atoms with E-state index in [1.165, 1.54) is 19.1 Å². The number of hydrogen-bond acceptors (Lipinski definition) is 4. The van der Waals surface area contributed by atoms with Crippen LogP contribution in [0.3, 0.4) is 0 Å². The van der Waals surface area contributed by atoms with E-state index in [0.717, 1.165) is 23.4 Å². The number of aryl methyl sites for hydroxylation is 1. The molecule has 7 heteroatoms. The van der Waals surface area contributed by atoms with Crippen LogP contribution in [0.25, 0.3) is 0 Å². The number of anilines is 2. The number of carbonyl (C=O) groups is 3. The molecule has 0 unspecified atom stereocenters. The number of para-hydroxylation sites is 1. The molecule has 0 aromatic heterocycles. The lowest BCUT2D eigenvalue weighted by Gasteiger charge is -2.12. The van der Waals surface area contributed by atoms with Crippen molar-refractivity contribution >= 4 is 40.7 Å². The third kappa shape index (κ3) is 6.02. The molecule has 2 N–H and O–H groups in total. The Hall–Kier alpha value is -3.45. The molecule has 5 nitrogen and oxygen atoms in total. The molecule has 31 heavy (non-hydrogen) atoms. The summed E-state index contributed by atoms with van der Waals surface area (Å²) in [6.07, 6.45) is 0. The fourth-order valence-electron chi connectivity index (χ4n) is 2.88. The van der Waals surface area contributed by atoms with Crippen molar-refractivity contribution < 1.29 is 18.8 Å². The predicted octanol–water partition coefficient (Wildman–Crippen LogP) is 5.32. The van der Waals surface area contributed by atoms with Gasteiger partial charge in [-0.2, -0.15) is 0 Å². The highest BCUT2D eigenvalue weighted by atomic mass is 32.2. The lowest BCUT2D eigenvalue weighted by atomic mass is 10.1. The summed E-state index contributed by atoms with van der Waals surface area (Å²) in [5.41, 5.74) is 2.64. The molecule has 0 fully saturated rings. The summed E-state index contributed by atoms with van der Waals surface area (Å²) in [5, 5.41) is 5.53. The quantitative estimate of drug-likeness (QED) is 0.388. The molecule has 3 rings (SSSR count). The van der Waals surface area contributed by atoms with Crippen LogP contribution in [0.4, 0.5) is 15.8 Å². The largest absolute Gasteiger partial charge is 0.325 e. The summed E-state index contributed by atoms with van der Waals surface area (Å²) in [7, 11) is 0. The Labute approximate surface area is 184 Å². The van der Waals surface area contributed by atoms with Gasteiger partial charge in [0.25, 0.3) is 5.91 Å². The van der Waals surface area contributed by atoms with Crippen LogP contribution in [0.1, 0.15) is 33.2 Å². The predicted molar refractivity (Wildman–Crippen MR) is 121 cm³/mol. The molecule has 0 bridgehead atoms. The average molecular weight is 437 g/mol. The van der Waals surface area contributed by atoms with Crippen LogP contribution in [0.5, 0.6) is 0 Å². The first-order valence-electron chi connectivity index (χ1n) is 9.53. The maximum atomic E-state index is 14.1. The summed E-state index contributed by atoms with van der Waals surface area (Å²) in [6.45, 7) is 3.29. The summed E-state index contributed by atoms with van der Waals surface area (Å²) >= 11 is 1.01. The van der Waals surface area contributed by atoms with Gasteiger partial charge in [-0.1, -0.05) is 30.3 Å². The molecule has 0 aliphatic heterocycles. The monoisotopic (exact) mass is 436 g/mol. The number of hydrogen-bond donors (Lipinski definition) is 2. The molecule has 158 valence electrons. The van der Waals surface area contributed by atoms with Crippen LogP contribution in [0.15, 0.2) is 71.6 Å². The van der Waals surface area contributed by atoms with E-state index in [0.29, 0.717) is 16.9 Å². The van der Waals surface area contributed by atoms with Gasteiger partial charge in [0, 0.05) is 16.1 Å². The maximum absolute atomic E-state index is 14.1. The summed E-state index contributed by atoms with van der Waals surface area (Å²) in [6, 6.07) is 18.3. The van der Waals surface area contributed by atoms with Gasteiger partial charge < -0.3 is 10.6 Å². The van der Waals surface area contributed by atoms with E-state index in [1.54, 1.807) is 30.3 Å². The molecule has 0 atom stereocenters. The molecule has 0 heterocycles. The number of ketones is 1. The zero-order chi connectivity index (χ0) is 22.4. The number of Topliss-reactive ketones (excluding diaryl/α,β-unsaturated/α-hetero) is 1. The van der Waals surface area contributed by atoms with E-state index in [2.05, 4.69) is 10.6 Å². The highest BCUT2D eigenvalue weighted by molar-refractivity contribution is 8.00. The molecule has 0 saturated heterocycles. The van der Waals surface area contributed by atoms with Crippen LogP contribution < -0.4 is 10.6 Å². The fraction of sp³-hybridized carbons (Fsp3) is 0.125. The molecular formula is C24H21FN2O3S. The Morgan fingerprint density at radius 1 is 0.935 bits per heavy atom. The smallest absolute Gasteiger partial charge is 0.257 e. The zero-order valence-corrected chi connectivity index (χ0v) is 17.9. The molecule has 2 amide bonds. The van der Waals surface area contributed by atoms with E-state index in [9.17, 15) is 18.8 Å². The minimum Gasteiger partial charge on any atom is -0.325 e. The Morgan fingerprint density at radius 3 is 2.42 bits per heavy atom. The lowest BCUT2D eigenvalue weighted by Crippen LogP contribution is -2.19. The summed E-state index contributed by atoms with van der Waals surface area (Å²) < 4.78 is 14.1. The number of carbonyl (C=O) groups excluding carboxylic acids is 3. The minimum absolute atomic E-state index is 0.0514. The number of benzene rings is 3. The van der Waals surface area contributed by atoms with Gasteiger partial charge in [-0.25, -0.2) is 4.39 Å². The number of nitrogens with one attached hydrogen (secondary N) is 2. The van der Waals surface area contributed by atoms with Gasteiger partial charge >= 0.3 is 0 Å². The molecule has 0 saturated carbocycles. The maximum Gasteiger partial charge on any atom is 0.257 e. The molecule has 0 radical (unpaired) electrons. The highest BCUT2D eigenvalue weighted by Crippen LogP contribution is 2.24. The second-order valence-corrected chi connectivity index (χ2v) is 7.92. The number of halogens is 1. The number of amides is 2. The summed E-state index contributed by atoms with van der Waals surface area (Å²) in [5.74, 6) is -1.56. The van der Waals surface area contributed by atoms with E-state index < -0.39 is 5.82 Å². The van der Waals surface area contributed by atoms with Crippen LogP contribution in [-0.2, 0) is 4.79 Å². The van der Waals surface area contributed by atoms with Crippen LogP contribution >= 0.6 is 11.8 Å². The van der Waals surface area contributed by atoms with E-state index >= 15 is 0 Å².